The summed E-state index contributed by atoms with van der Waals surface area (Å²) in [6, 6.07) is 14.3. The Bertz CT molecular complexity index is 1030. The van der Waals surface area contributed by atoms with Gasteiger partial charge < -0.3 is 29.4 Å². The molecule has 0 spiro atoms. The predicted molar refractivity (Wildman–Crippen MR) is 124 cm³/mol. The average molecular weight is 485 g/mol. The topological polar surface area (TPSA) is 124 Å². The third-order valence-electron chi connectivity index (χ3n) is 6.19. The molecule has 35 heavy (non-hydrogen) atoms. The highest BCUT2D eigenvalue weighted by Gasteiger charge is 2.31. The van der Waals surface area contributed by atoms with E-state index in [1.807, 2.05) is 48.5 Å². The molecule has 1 saturated heterocycles. The number of carbonyl (C=O) groups excluding carboxylic acids is 2. The molecule has 2 aromatic carbocycles. The van der Waals surface area contributed by atoms with Crippen molar-refractivity contribution < 1.29 is 38.4 Å². The zero-order valence-corrected chi connectivity index (χ0v) is 19.3. The number of nitrogens with zero attached hydrogens (tertiary/aromatic N) is 1. The zero-order valence-electron chi connectivity index (χ0n) is 19.3. The van der Waals surface area contributed by atoms with Crippen LogP contribution in [-0.4, -0.2) is 86.9 Å². The van der Waals surface area contributed by atoms with E-state index in [0.29, 0.717) is 6.61 Å². The molecule has 4 rings (SSSR count). The van der Waals surface area contributed by atoms with Crippen molar-refractivity contribution in [1.29, 1.82) is 0 Å². The monoisotopic (exact) mass is 484 g/mol. The number of carbonyl (C=O) groups is 3. The zero-order chi connectivity index (χ0) is 24.8. The van der Waals surface area contributed by atoms with Gasteiger partial charge in [-0.2, -0.15) is 0 Å². The third kappa shape index (κ3) is 5.55. The maximum absolute atomic E-state index is 12.6. The summed E-state index contributed by atoms with van der Waals surface area (Å²) >= 11 is 0. The van der Waals surface area contributed by atoms with Gasteiger partial charge >= 0.3 is 18.2 Å². The van der Waals surface area contributed by atoms with Gasteiger partial charge in [0.25, 0.3) is 0 Å². The lowest BCUT2D eigenvalue weighted by molar-refractivity contribution is -0.145. The Morgan fingerprint density at radius 3 is 2.37 bits per heavy atom. The van der Waals surface area contributed by atoms with E-state index in [9.17, 15) is 19.5 Å². The van der Waals surface area contributed by atoms with Gasteiger partial charge in [0.15, 0.2) is 6.04 Å². The molecule has 1 fully saturated rings. The van der Waals surface area contributed by atoms with Crippen LogP contribution in [0.4, 0.5) is 9.59 Å². The van der Waals surface area contributed by atoms with Gasteiger partial charge in [0, 0.05) is 12.5 Å². The fourth-order valence-electron chi connectivity index (χ4n) is 4.46. The van der Waals surface area contributed by atoms with Crippen LogP contribution in [-0.2, 0) is 23.7 Å². The van der Waals surface area contributed by atoms with Crippen LogP contribution >= 0.6 is 0 Å². The summed E-state index contributed by atoms with van der Waals surface area (Å²) < 4.78 is 21.1. The van der Waals surface area contributed by atoms with Crippen molar-refractivity contribution in [1.82, 2.24) is 10.2 Å². The number of carboxylic acid groups (broad SMARTS) is 1. The number of methoxy groups -OCH3 is 1. The number of morpholine rings is 1. The molecule has 2 unspecified atom stereocenters. The van der Waals surface area contributed by atoms with E-state index >= 15 is 0 Å². The van der Waals surface area contributed by atoms with Crippen molar-refractivity contribution in [3.8, 4) is 11.1 Å². The Hall–Kier alpha value is -3.63. The third-order valence-corrected chi connectivity index (χ3v) is 6.19. The first-order valence-electron chi connectivity index (χ1n) is 11.3. The summed E-state index contributed by atoms with van der Waals surface area (Å²) in [5, 5.41) is 11.8. The molecule has 0 saturated carbocycles. The lowest BCUT2D eigenvalue weighted by Crippen LogP contribution is -2.51. The Kier molecular flexibility index (Phi) is 7.84. The molecular weight excluding hydrogens is 456 g/mol. The number of alkyl carbamates (subject to hydrolysis) is 1. The van der Waals surface area contributed by atoms with Crippen LogP contribution in [0.2, 0.25) is 0 Å². The first kappa shape index (κ1) is 24.5. The van der Waals surface area contributed by atoms with Crippen LogP contribution in [0, 0.1) is 0 Å². The highest BCUT2D eigenvalue weighted by Crippen LogP contribution is 2.44. The molecule has 10 heteroatoms. The largest absolute Gasteiger partial charge is 0.467 e. The number of rotatable bonds is 8. The molecule has 2 aromatic rings. The van der Waals surface area contributed by atoms with Crippen LogP contribution in [0.3, 0.4) is 0 Å². The fourth-order valence-corrected chi connectivity index (χ4v) is 4.46. The van der Waals surface area contributed by atoms with Gasteiger partial charge in [-0.25, -0.2) is 14.4 Å². The second kappa shape index (κ2) is 11.2. The van der Waals surface area contributed by atoms with Gasteiger partial charge in [0.1, 0.15) is 6.61 Å². The summed E-state index contributed by atoms with van der Waals surface area (Å²) in [6.07, 6.45) is -1.85. The highest BCUT2D eigenvalue weighted by molar-refractivity contribution is 5.82. The second-order valence-electron chi connectivity index (χ2n) is 8.29. The Morgan fingerprint density at radius 2 is 1.74 bits per heavy atom. The molecule has 10 nitrogen and oxygen atoms in total. The number of hydrogen-bond acceptors (Lipinski definition) is 7. The molecule has 186 valence electrons. The molecule has 2 amide bonds. The van der Waals surface area contributed by atoms with Crippen LogP contribution < -0.4 is 5.32 Å². The highest BCUT2D eigenvalue weighted by atomic mass is 16.6. The lowest BCUT2D eigenvalue weighted by atomic mass is 9.98. The number of esters is 1. The molecule has 2 aliphatic rings. The van der Waals surface area contributed by atoms with E-state index in [4.69, 9.17) is 18.9 Å². The molecule has 0 aromatic heterocycles. The summed E-state index contributed by atoms with van der Waals surface area (Å²) in [7, 11) is 1.20. The molecule has 0 radical (unpaired) electrons. The van der Waals surface area contributed by atoms with Gasteiger partial charge in [0.05, 0.1) is 39.6 Å². The molecule has 0 bridgehead atoms. The normalized spacial score (nSPS) is 17.7. The lowest BCUT2D eigenvalue weighted by Gasteiger charge is -2.33. The molecule has 2 atom stereocenters. The number of benzene rings is 2. The van der Waals surface area contributed by atoms with Crippen molar-refractivity contribution in [2.75, 3.05) is 46.7 Å². The van der Waals surface area contributed by atoms with E-state index in [1.54, 1.807) is 0 Å². The summed E-state index contributed by atoms with van der Waals surface area (Å²) in [6.45, 7) is 0.641. The summed E-state index contributed by atoms with van der Waals surface area (Å²) in [4.78, 5) is 37.3. The first-order chi connectivity index (χ1) is 17.0. The van der Waals surface area contributed by atoms with Crippen molar-refractivity contribution in [3.63, 3.8) is 0 Å². The summed E-state index contributed by atoms with van der Waals surface area (Å²) in [5.74, 6) is -0.817. The van der Waals surface area contributed by atoms with Gasteiger partial charge in [-0.3, -0.25) is 4.90 Å². The molecule has 2 N–H and O–H groups in total. The van der Waals surface area contributed by atoms with E-state index in [2.05, 4.69) is 5.32 Å². The van der Waals surface area contributed by atoms with Crippen LogP contribution in [0.5, 0.6) is 0 Å². The van der Waals surface area contributed by atoms with Gasteiger partial charge in [-0.05, 0) is 22.3 Å². The van der Waals surface area contributed by atoms with E-state index in [-0.39, 0.29) is 38.9 Å². The molecule has 1 aliphatic heterocycles. The average Bonchev–Trinajstić information content (AvgIpc) is 3.20. The number of fused-ring (bicyclic) bond motifs is 3. The minimum atomic E-state index is -1.11. The number of hydrogen-bond donors (Lipinski definition) is 2. The van der Waals surface area contributed by atoms with Crippen molar-refractivity contribution >= 4 is 18.2 Å². The Labute approximate surface area is 202 Å². The second-order valence-corrected chi connectivity index (χ2v) is 8.29. The molecule has 1 aliphatic carbocycles. The van der Waals surface area contributed by atoms with Crippen LogP contribution in [0.1, 0.15) is 17.0 Å². The van der Waals surface area contributed by atoms with E-state index < -0.39 is 30.2 Å². The van der Waals surface area contributed by atoms with Crippen LogP contribution in [0.15, 0.2) is 48.5 Å². The fraction of sp³-hybridized carbons (Fsp3) is 0.400. The number of ether oxygens (including phenoxy) is 4. The molecular formula is C25H28N2O8. The van der Waals surface area contributed by atoms with Gasteiger partial charge in [-0.1, -0.05) is 48.5 Å². The van der Waals surface area contributed by atoms with Crippen molar-refractivity contribution in [2.24, 2.45) is 0 Å². The van der Waals surface area contributed by atoms with Gasteiger partial charge in [-0.15, -0.1) is 0 Å². The smallest absolute Gasteiger partial charge is 0.407 e. The minimum Gasteiger partial charge on any atom is -0.467 e. The predicted octanol–water partition coefficient (Wildman–Crippen LogP) is 2.46. The maximum atomic E-state index is 12.6. The number of nitrogens with one attached hydrogen (secondary N) is 1. The maximum Gasteiger partial charge on any atom is 0.407 e. The Balaban J connectivity index is 1.33. The van der Waals surface area contributed by atoms with E-state index in [0.717, 1.165) is 22.3 Å². The summed E-state index contributed by atoms with van der Waals surface area (Å²) in [5.41, 5.74) is 4.37. The quantitative estimate of drug-likeness (QED) is 0.548. The van der Waals surface area contributed by atoms with Crippen molar-refractivity contribution in [3.05, 3.63) is 59.7 Å². The number of amides is 2. The minimum absolute atomic E-state index is 0.00612. The molecule has 1 heterocycles. The SMILES string of the molecule is COC(=O)C(COCC1COCCN1C(=O)O)NC(=O)OCC1c2ccccc2-c2ccccc21. The standard InChI is InChI=1S/C25H28N2O8/c1-32-23(28)22(15-34-13-16-12-33-11-10-27(16)25(30)31)26-24(29)35-14-21-19-8-4-2-6-17(19)18-7-3-5-9-20(18)21/h2-9,16,21-22H,10-15H2,1H3,(H,26,29)(H,30,31). The first-order valence-corrected chi connectivity index (χ1v) is 11.3. The van der Waals surface area contributed by atoms with Crippen LogP contribution in [0.25, 0.3) is 11.1 Å². The Morgan fingerprint density at radius 1 is 1.09 bits per heavy atom. The van der Waals surface area contributed by atoms with E-state index in [1.165, 1.54) is 12.0 Å². The van der Waals surface area contributed by atoms with Crippen molar-refractivity contribution in [2.45, 2.75) is 18.0 Å². The van der Waals surface area contributed by atoms with Gasteiger partial charge in [0.2, 0.25) is 0 Å².